The second kappa shape index (κ2) is 65.5. The third-order valence-electron chi connectivity index (χ3n) is 15.7. The van der Waals surface area contributed by atoms with Crippen LogP contribution in [0.2, 0.25) is 0 Å². The van der Waals surface area contributed by atoms with Gasteiger partial charge < -0.3 is 97.5 Å². The van der Waals surface area contributed by atoms with Crippen LogP contribution in [-0.4, -0.2) is 232 Å². The zero-order chi connectivity index (χ0) is 76.4. The van der Waals surface area contributed by atoms with E-state index in [4.69, 9.17) is 48.4 Å². The van der Waals surface area contributed by atoms with Gasteiger partial charge in [0.2, 0.25) is 23.6 Å². The van der Waals surface area contributed by atoms with E-state index in [2.05, 4.69) is 46.5 Å². The molecule has 0 aliphatic carbocycles. The van der Waals surface area contributed by atoms with Gasteiger partial charge in [0.05, 0.1) is 122 Å². The van der Waals surface area contributed by atoms with Gasteiger partial charge in [0.1, 0.15) is 13.2 Å². The molecule has 0 rings (SSSR count). The van der Waals surface area contributed by atoms with Gasteiger partial charge in [0.15, 0.2) is 0 Å². The molecular weight excluding hydrogens is 1360 g/mol. The van der Waals surface area contributed by atoms with Crippen LogP contribution in [0.4, 0.5) is 0 Å². The monoisotopic (exact) mass is 1510 g/mol. The van der Waals surface area contributed by atoms with Crippen molar-refractivity contribution in [3.8, 4) is 0 Å². The number of rotatable bonds is 54. The topological polar surface area (TPSA) is 389 Å². The minimum absolute atomic E-state index is 0. The van der Waals surface area contributed by atoms with E-state index < -0.39 is 35.9 Å². The van der Waals surface area contributed by atoms with Crippen molar-refractivity contribution in [2.75, 3.05) is 178 Å². The Kier molecular flexibility index (Phi) is 73.1. The first-order valence-electron chi connectivity index (χ1n) is 34.7. The number of carbonyl (C=O) groups is 6. The van der Waals surface area contributed by atoms with E-state index in [1.807, 2.05) is 90.0 Å². The summed E-state index contributed by atoms with van der Waals surface area (Å²) in [5, 5.41) is 11.6. The van der Waals surface area contributed by atoms with Crippen molar-refractivity contribution >= 4 is 53.5 Å². The minimum atomic E-state index is -4.96. The molecule has 0 aromatic heterocycles. The fraction of sp³-hybridized carbons (Fsp3) is 0.882. The summed E-state index contributed by atoms with van der Waals surface area (Å²) in [6.45, 7) is 45.9. The largest absolute Gasteiger partial charge is 1.00 e. The zero-order valence-corrected chi connectivity index (χ0v) is 71.7. The van der Waals surface area contributed by atoms with E-state index in [-0.39, 0.29) is 128 Å². The Labute approximate surface area is 654 Å². The fourth-order valence-corrected chi connectivity index (χ4v) is 7.42. The van der Waals surface area contributed by atoms with Crippen LogP contribution in [0.1, 0.15) is 194 Å². The Morgan fingerprint density at radius 2 is 0.770 bits per heavy atom. The number of quaternary nitrogens is 1. The molecule has 0 heterocycles. The third-order valence-corrected chi connectivity index (χ3v) is 17.0. The van der Waals surface area contributed by atoms with Crippen LogP contribution in [0.25, 0.3) is 0 Å². The second-order valence-electron chi connectivity index (χ2n) is 27.1. The van der Waals surface area contributed by atoms with Gasteiger partial charge in [0, 0.05) is 99.4 Å². The van der Waals surface area contributed by atoms with Crippen LogP contribution < -0.4 is 95.9 Å². The Morgan fingerprint density at radius 1 is 0.470 bits per heavy atom. The Balaban J connectivity index is -0.000000116. The van der Waals surface area contributed by atoms with Crippen molar-refractivity contribution in [1.82, 2.24) is 21.3 Å². The molecule has 592 valence electrons. The molecule has 0 spiro atoms. The first-order valence-corrected chi connectivity index (χ1v) is 37.7. The van der Waals surface area contributed by atoms with E-state index in [1.165, 1.54) is 0 Å². The molecule has 0 aromatic carbocycles. The van der Waals surface area contributed by atoms with Crippen LogP contribution in [-0.2, 0) is 90.6 Å². The summed E-state index contributed by atoms with van der Waals surface area (Å²) < 4.78 is 93.2. The molecule has 6 N–H and O–H groups in total. The van der Waals surface area contributed by atoms with Crippen LogP contribution in [0.15, 0.2) is 12.2 Å². The first-order chi connectivity index (χ1) is 45.5. The molecule has 0 radical (unpaired) electrons. The van der Waals surface area contributed by atoms with Gasteiger partial charge in [-0.3, -0.25) is 28.8 Å². The van der Waals surface area contributed by atoms with Crippen LogP contribution >= 0.6 is 7.82 Å². The normalized spacial score (nSPS) is 11.8. The van der Waals surface area contributed by atoms with Gasteiger partial charge in [0.25, 0.3) is 0 Å². The van der Waals surface area contributed by atoms with Crippen molar-refractivity contribution in [2.24, 2.45) is 32.8 Å². The molecule has 0 saturated heterocycles. The Bertz CT molecular complexity index is 2290. The number of ether oxygens (including phenoxy) is 9. The van der Waals surface area contributed by atoms with Gasteiger partial charge in [-0.1, -0.05) is 82.7 Å². The molecule has 0 unspecified atom stereocenters. The number of hydrogen-bond acceptors (Lipinski definition) is 23. The molecule has 0 saturated carbocycles. The standard InChI is InChI=1S/C20H38N2O5.C16H34N2O4.C15H32N2O4S.C9H18O3.C8H17O6P.2Na.4H2/c1-6-20(4,5)19(24)22-10-8-12-26-14-16-27-15-13-25-11-7-9-21-18(23)17(2)3;1-4-16(2,3)15(19)18-8-6-10-21-12-14-22-13-11-20-9-5-7-17;1-6-15(2,3)14(18)16-10-9-12-17(4,5)11-7-8-13-22(19,20)21;1-5-9(2,3)8(10)12-7-6-11-4;1-4-8(2,3)7(9)13-5-6-14-15(10,11)12;;;;;;/h2,6-16H2,1,3-5H3,(H,21,23)(H,22,24);4-14,17H2,1-3H3,(H,18,19);6-13H2,1-5H3,(H-,16,18,19,20,21);5-7H2,1-4H3;4-6H2,1-3H3,(H2,10,11,12);;;4*1H/q;;;;;2*+1;;;;/p-2. The molecule has 0 atom stereocenters. The minimum Gasteiger partial charge on any atom is -0.790 e. The molecule has 4 amide bonds. The first kappa shape index (κ1) is 112. The maximum atomic E-state index is 11.9. The second-order valence-corrected chi connectivity index (χ2v) is 29.8. The van der Waals surface area contributed by atoms with E-state index in [0.717, 1.165) is 75.4 Å². The molecule has 32 heteroatoms. The van der Waals surface area contributed by atoms with Crippen molar-refractivity contribution in [3.63, 3.8) is 0 Å². The molecule has 0 fully saturated rings. The summed E-state index contributed by atoms with van der Waals surface area (Å²) in [6, 6.07) is 0. The average Bonchev–Trinajstić information content (AvgIpc) is 0.934. The van der Waals surface area contributed by atoms with Crippen molar-refractivity contribution in [2.45, 2.75) is 188 Å². The van der Waals surface area contributed by atoms with Gasteiger partial charge in [-0.25, -0.2) is 8.42 Å². The number of hydrogen-bond donors (Lipinski definition) is 5. The summed E-state index contributed by atoms with van der Waals surface area (Å²) in [7, 11) is -3.33. The number of carbonyl (C=O) groups excluding carboxylic acids is 6. The number of esters is 2. The predicted octanol–water partition coefficient (Wildman–Crippen LogP) is 1.13. The van der Waals surface area contributed by atoms with Crippen LogP contribution in [0.3, 0.4) is 0 Å². The summed E-state index contributed by atoms with van der Waals surface area (Å²) >= 11 is 0. The van der Waals surface area contributed by atoms with Crippen LogP contribution in [0.5, 0.6) is 0 Å². The van der Waals surface area contributed by atoms with Crippen LogP contribution in [0, 0.1) is 27.1 Å². The smallest absolute Gasteiger partial charge is 0.790 e. The number of amides is 4. The zero-order valence-electron chi connectivity index (χ0n) is 66.0. The fourth-order valence-electron chi connectivity index (χ4n) is 6.57. The third kappa shape index (κ3) is 71.8. The van der Waals surface area contributed by atoms with Gasteiger partial charge in [-0.15, -0.1) is 0 Å². The van der Waals surface area contributed by atoms with Crippen molar-refractivity contribution in [3.05, 3.63) is 12.2 Å². The molecule has 0 aromatic rings. The molecule has 28 nitrogen and oxygen atoms in total. The van der Waals surface area contributed by atoms with Gasteiger partial charge >= 0.3 is 71.1 Å². The molecule has 0 aliphatic heterocycles. The summed E-state index contributed by atoms with van der Waals surface area (Å²) in [6.07, 6.45) is 9.10. The summed E-state index contributed by atoms with van der Waals surface area (Å²) in [4.78, 5) is 89.5. The molecule has 0 bridgehead atoms. The maximum absolute atomic E-state index is 11.9. The Hall–Kier alpha value is -1.78. The summed E-state index contributed by atoms with van der Waals surface area (Å²) in [5.74, 6) is -0.719. The number of phosphoric acid groups is 1. The summed E-state index contributed by atoms with van der Waals surface area (Å²) in [5.41, 5.74) is 3.96. The SMILES string of the molecule is C=C(C)C(=O)NCCCOCCOCCOCCCNC(=O)C(C)(C)CC.CCC(C)(C)C(=O)NCCCOCCOCCOCCCN.CCC(C)(C)C(=O)NCCC[N+](C)(C)CCCCS(=O)(=O)[O-].CCC(C)(C)C(=O)OCCOC.CCC(C)(C)C(=O)OCCOP(=O)([O-])[O-].[HH].[HH].[HH].[HH].[Na+].[Na+]. The van der Waals surface area contributed by atoms with Crippen molar-refractivity contribution < 1.29 is 173 Å². The van der Waals surface area contributed by atoms with E-state index in [9.17, 15) is 56.1 Å². The van der Waals surface area contributed by atoms with E-state index in [0.29, 0.717) is 150 Å². The molecule has 0 aliphatic rings. The number of nitrogens with two attached hydrogens (primary N) is 1. The number of nitrogens with zero attached hydrogens (tertiary/aromatic N) is 1. The molecular formula is C68H145N6Na2O22PS. The van der Waals surface area contributed by atoms with E-state index in [1.54, 1.807) is 27.9 Å². The number of nitrogens with one attached hydrogen (secondary N) is 4. The Morgan fingerprint density at radius 3 is 1.07 bits per heavy atom. The number of phosphoric ester groups is 1. The van der Waals surface area contributed by atoms with E-state index >= 15 is 0 Å². The number of unbranched alkanes of at least 4 members (excludes halogenated alkanes) is 1. The predicted molar refractivity (Wildman–Crippen MR) is 386 cm³/mol. The molecule has 100 heavy (non-hydrogen) atoms. The quantitative estimate of drug-likeness (QED) is 0.0108. The van der Waals surface area contributed by atoms with Gasteiger partial charge in [-0.2, -0.15) is 0 Å². The average molecular weight is 1510 g/mol. The van der Waals surface area contributed by atoms with Crippen molar-refractivity contribution in [1.29, 1.82) is 0 Å². The number of methoxy groups -OCH3 is 1. The van der Waals surface area contributed by atoms with Gasteiger partial charge in [-0.05, 0) is 112 Å². The maximum Gasteiger partial charge on any atom is 1.00 e.